The largest absolute Gasteiger partial charge is 0.465 e. The third-order valence-corrected chi connectivity index (χ3v) is 5.38. The van der Waals surface area contributed by atoms with E-state index in [1.165, 1.54) is 16.2 Å². The molecule has 0 saturated carbocycles. The highest BCUT2D eigenvalue weighted by Gasteiger charge is 2.27. The predicted molar refractivity (Wildman–Crippen MR) is 108 cm³/mol. The second-order valence-electron chi connectivity index (χ2n) is 6.38. The van der Waals surface area contributed by atoms with Gasteiger partial charge in [-0.2, -0.15) is 0 Å². The van der Waals surface area contributed by atoms with E-state index >= 15 is 0 Å². The van der Waals surface area contributed by atoms with Gasteiger partial charge < -0.3 is 15.5 Å². The molecular formula is C19H26N4O4S. The lowest BCUT2D eigenvalue weighted by atomic mass is 10.1. The molecule has 0 spiro atoms. The molecule has 8 nitrogen and oxygen atoms in total. The molecule has 28 heavy (non-hydrogen) atoms. The summed E-state index contributed by atoms with van der Waals surface area (Å²) in [5.74, 6) is 0. The second-order valence-corrected chi connectivity index (χ2v) is 7.39. The van der Waals surface area contributed by atoms with Crippen molar-refractivity contribution in [1.82, 2.24) is 20.4 Å². The summed E-state index contributed by atoms with van der Waals surface area (Å²) >= 11 is 1.41. The van der Waals surface area contributed by atoms with Crippen LogP contribution in [-0.4, -0.2) is 50.6 Å². The summed E-state index contributed by atoms with van der Waals surface area (Å²) in [4.78, 5) is 23.9. The number of nitrogens with one attached hydrogen (secondary N) is 1. The van der Waals surface area contributed by atoms with Crippen LogP contribution in [0.15, 0.2) is 30.3 Å². The maximum absolute atomic E-state index is 11.9. The summed E-state index contributed by atoms with van der Waals surface area (Å²) in [5, 5.41) is 30.7. The van der Waals surface area contributed by atoms with Crippen molar-refractivity contribution in [3.63, 3.8) is 0 Å². The molecule has 1 atom stereocenters. The maximum atomic E-state index is 11.9. The van der Waals surface area contributed by atoms with E-state index < -0.39 is 12.2 Å². The first-order valence-corrected chi connectivity index (χ1v) is 10.2. The molecule has 2 aromatic rings. The Hall–Kier alpha value is -2.68. The molecular weight excluding hydrogens is 380 g/mol. The first-order valence-electron chi connectivity index (χ1n) is 9.38. The van der Waals surface area contributed by atoms with Gasteiger partial charge in [-0.05, 0) is 25.7 Å². The van der Waals surface area contributed by atoms with Gasteiger partial charge in [0.15, 0.2) is 0 Å². The lowest BCUT2D eigenvalue weighted by Crippen LogP contribution is -2.34. The molecule has 0 bridgehead atoms. The average Bonchev–Trinajstić information content (AvgIpc) is 3.16. The van der Waals surface area contributed by atoms with E-state index in [4.69, 9.17) is 5.11 Å². The Kier molecular flexibility index (Phi) is 8.67. The fraction of sp³-hybridized carbons (Fsp3) is 0.474. The zero-order chi connectivity index (χ0) is 20.4. The summed E-state index contributed by atoms with van der Waals surface area (Å²) in [6, 6.07) is 9.29. The van der Waals surface area contributed by atoms with E-state index in [1.54, 1.807) is 0 Å². The number of carboxylic acid groups (broad SMARTS) is 2. The SMILES string of the molecule is CCCCN(C(=O)O)C(CCCCNC(=O)O)c1nnc(-c2ccccc2)s1. The van der Waals surface area contributed by atoms with Crippen LogP contribution in [0.1, 0.15) is 50.1 Å². The lowest BCUT2D eigenvalue weighted by molar-refractivity contribution is 0.119. The summed E-state index contributed by atoms with van der Waals surface area (Å²) in [7, 11) is 0. The van der Waals surface area contributed by atoms with E-state index in [9.17, 15) is 14.7 Å². The Balaban J connectivity index is 2.15. The topological polar surface area (TPSA) is 116 Å². The molecule has 2 rings (SSSR count). The van der Waals surface area contributed by atoms with Crippen LogP contribution >= 0.6 is 11.3 Å². The minimum Gasteiger partial charge on any atom is -0.465 e. The van der Waals surface area contributed by atoms with Crippen LogP contribution in [0.3, 0.4) is 0 Å². The molecule has 2 amide bonds. The van der Waals surface area contributed by atoms with Crippen LogP contribution in [-0.2, 0) is 0 Å². The van der Waals surface area contributed by atoms with Gasteiger partial charge in [0.1, 0.15) is 10.0 Å². The van der Waals surface area contributed by atoms with Crippen molar-refractivity contribution in [2.45, 2.75) is 45.1 Å². The zero-order valence-electron chi connectivity index (χ0n) is 15.9. The van der Waals surface area contributed by atoms with Gasteiger partial charge in [0.05, 0.1) is 6.04 Å². The molecule has 1 heterocycles. The number of unbranched alkanes of at least 4 members (excludes halogenated alkanes) is 2. The third-order valence-electron chi connectivity index (χ3n) is 4.30. The van der Waals surface area contributed by atoms with Crippen LogP contribution < -0.4 is 5.32 Å². The quantitative estimate of drug-likeness (QED) is 0.474. The monoisotopic (exact) mass is 406 g/mol. The van der Waals surface area contributed by atoms with Gasteiger partial charge in [0, 0.05) is 18.7 Å². The number of nitrogens with zero attached hydrogens (tertiary/aromatic N) is 3. The van der Waals surface area contributed by atoms with Crippen molar-refractivity contribution >= 4 is 23.5 Å². The number of benzene rings is 1. The Morgan fingerprint density at radius 3 is 2.54 bits per heavy atom. The maximum Gasteiger partial charge on any atom is 0.407 e. The van der Waals surface area contributed by atoms with Crippen LogP contribution in [0.4, 0.5) is 9.59 Å². The molecule has 1 unspecified atom stereocenters. The highest BCUT2D eigenvalue weighted by Crippen LogP contribution is 2.33. The summed E-state index contributed by atoms with van der Waals surface area (Å²) in [6.45, 7) is 2.80. The number of amides is 2. The van der Waals surface area contributed by atoms with E-state index in [0.717, 1.165) is 23.4 Å². The predicted octanol–water partition coefficient (Wildman–Crippen LogP) is 4.46. The molecule has 3 N–H and O–H groups in total. The van der Waals surface area contributed by atoms with Crippen molar-refractivity contribution in [3.8, 4) is 10.6 Å². The van der Waals surface area contributed by atoms with Crippen molar-refractivity contribution in [3.05, 3.63) is 35.3 Å². The summed E-state index contributed by atoms with van der Waals surface area (Å²) in [5.41, 5.74) is 0.950. The molecule has 9 heteroatoms. The van der Waals surface area contributed by atoms with E-state index in [1.807, 2.05) is 37.3 Å². The van der Waals surface area contributed by atoms with Gasteiger partial charge in [-0.3, -0.25) is 4.90 Å². The molecule has 0 radical (unpaired) electrons. The number of rotatable bonds is 11. The molecule has 0 saturated heterocycles. The van der Waals surface area contributed by atoms with Crippen molar-refractivity contribution < 1.29 is 19.8 Å². The molecule has 1 aromatic carbocycles. The fourth-order valence-corrected chi connectivity index (χ4v) is 3.85. The molecule has 0 aliphatic carbocycles. The normalized spacial score (nSPS) is 11.8. The minimum atomic E-state index is -1.05. The number of aromatic nitrogens is 2. The van der Waals surface area contributed by atoms with Gasteiger partial charge in [-0.1, -0.05) is 55.0 Å². The van der Waals surface area contributed by atoms with Gasteiger partial charge in [-0.25, -0.2) is 9.59 Å². The first kappa shape index (κ1) is 21.6. The Labute approximate surface area is 168 Å². The standard InChI is InChI=1S/C19H26N4O4S/c1-2-3-13-23(19(26)27)15(11-7-8-12-20-18(24)25)17-22-21-16(28-17)14-9-5-4-6-10-14/h4-6,9-10,15,20H,2-3,7-8,11-13H2,1H3,(H,24,25)(H,26,27). The van der Waals surface area contributed by atoms with Gasteiger partial charge in [0.25, 0.3) is 0 Å². The van der Waals surface area contributed by atoms with Crippen LogP contribution in [0, 0.1) is 0 Å². The molecule has 152 valence electrons. The van der Waals surface area contributed by atoms with Crippen molar-refractivity contribution in [1.29, 1.82) is 0 Å². The van der Waals surface area contributed by atoms with Gasteiger partial charge in [0.2, 0.25) is 0 Å². The zero-order valence-corrected chi connectivity index (χ0v) is 16.7. The number of hydrogen-bond acceptors (Lipinski definition) is 5. The summed E-state index contributed by atoms with van der Waals surface area (Å²) in [6.07, 6.45) is 1.52. The second kappa shape index (κ2) is 11.2. The van der Waals surface area contributed by atoms with E-state index in [0.29, 0.717) is 37.4 Å². The Bertz CT molecular complexity index is 753. The van der Waals surface area contributed by atoms with E-state index in [2.05, 4.69) is 15.5 Å². The van der Waals surface area contributed by atoms with Crippen LogP contribution in [0.2, 0.25) is 0 Å². The van der Waals surface area contributed by atoms with Gasteiger partial charge >= 0.3 is 12.2 Å². The molecule has 0 aliphatic heterocycles. The lowest BCUT2D eigenvalue weighted by Gasteiger charge is -2.27. The molecule has 0 aliphatic rings. The highest BCUT2D eigenvalue weighted by atomic mass is 32.1. The smallest absolute Gasteiger partial charge is 0.407 e. The average molecular weight is 407 g/mol. The third kappa shape index (κ3) is 6.49. The summed E-state index contributed by atoms with van der Waals surface area (Å²) < 4.78 is 0. The molecule has 1 aromatic heterocycles. The van der Waals surface area contributed by atoms with Crippen LogP contribution in [0.25, 0.3) is 10.6 Å². The van der Waals surface area contributed by atoms with Crippen molar-refractivity contribution in [2.24, 2.45) is 0 Å². The highest BCUT2D eigenvalue weighted by molar-refractivity contribution is 7.14. The fourth-order valence-electron chi connectivity index (χ4n) is 2.85. The Morgan fingerprint density at radius 2 is 1.89 bits per heavy atom. The van der Waals surface area contributed by atoms with Gasteiger partial charge in [-0.15, -0.1) is 10.2 Å². The van der Waals surface area contributed by atoms with Crippen LogP contribution in [0.5, 0.6) is 0 Å². The Morgan fingerprint density at radius 1 is 1.14 bits per heavy atom. The van der Waals surface area contributed by atoms with Crippen molar-refractivity contribution in [2.75, 3.05) is 13.1 Å². The first-order chi connectivity index (χ1) is 13.5. The number of hydrogen-bond donors (Lipinski definition) is 3. The molecule has 0 fully saturated rings. The van der Waals surface area contributed by atoms with E-state index in [-0.39, 0.29) is 6.04 Å². The minimum absolute atomic E-state index is 0.343. The number of carbonyl (C=O) groups is 2.